The van der Waals surface area contributed by atoms with Crippen LogP contribution in [0.15, 0.2) is 24.3 Å². The van der Waals surface area contributed by atoms with Gasteiger partial charge in [-0.15, -0.1) is 0 Å². The molecule has 2 unspecified atom stereocenters. The summed E-state index contributed by atoms with van der Waals surface area (Å²) in [4.78, 5) is 36.9. The largest absolute Gasteiger partial charge is 0.477 e. The molecule has 0 aromatic carbocycles. The lowest BCUT2D eigenvalue weighted by Gasteiger charge is -2.31. The highest BCUT2D eigenvalue weighted by Gasteiger charge is 2.31. The van der Waals surface area contributed by atoms with E-state index >= 15 is 0 Å². The van der Waals surface area contributed by atoms with Crippen LogP contribution in [0.3, 0.4) is 0 Å². The number of likely N-dealkylation sites (N-methyl/N-ethyl adjacent to an activating group) is 1. The minimum atomic E-state index is -0.877. The second-order valence-corrected chi connectivity index (χ2v) is 15.9. The topological polar surface area (TPSA) is 99.1 Å². The van der Waals surface area contributed by atoms with E-state index in [1.54, 1.807) is 0 Å². The standard InChI is InChI=1S/C45H83NO7/c1-6-8-10-12-14-16-18-19-20-21-22-23-24-26-27-29-31-33-35-43(47)52-40-41(39-51-38-37-42(45(49)50)46(3,4)5)53-44(48)36-34-32-30-28-25-17-15-13-11-9-7-2/h13,15,22-23,41-42H,6-12,14,16-21,24-40H2,1-5H3/p+1/b15-13+,23-22+. The SMILES string of the molecule is CCCC/C=C/CCCCCCCC(=O)OC(COCCC(C(=O)O)[N+](C)(C)C)COC(=O)CCCCCCC/C=C/CCCCCCCCCCC. The molecule has 0 aromatic rings. The van der Waals surface area contributed by atoms with Crippen LogP contribution in [0.2, 0.25) is 0 Å². The summed E-state index contributed by atoms with van der Waals surface area (Å²) >= 11 is 0. The third kappa shape index (κ3) is 35.3. The van der Waals surface area contributed by atoms with Crippen LogP contribution in [0.1, 0.15) is 194 Å². The average Bonchev–Trinajstić information content (AvgIpc) is 3.11. The van der Waals surface area contributed by atoms with Crippen molar-refractivity contribution >= 4 is 17.9 Å². The van der Waals surface area contributed by atoms with Crippen LogP contribution >= 0.6 is 0 Å². The van der Waals surface area contributed by atoms with E-state index in [1.807, 2.05) is 21.1 Å². The Bertz CT molecular complexity index is 926. The molecule has 0 aromatic heterocycles. The van der Waals surface area contributed by atoms with E-state index in [4.69, 9.17) is 14.2 Å². The monoisotopic (exact) mass is 751 g/mol. The molecular formula is C45H84NO7+. The van der Waals surface area contributed by atoms with Gasteiger partial charge in [0.1, 0.15) is 6.61 Å². The molecule has 0 fully saturated rings. The highest BCUT2D eigenvalue weighted by molar-refractivity contribution is 5.72. The number of hydrogen-bond donors (Lipinski definition) is 1. The van der Waals surface area contributed by atoms with E-state index in [1.165, 1.54) is 103 Å². The van der Waals surface area contributed by atoms with Crippen molar-refractivity contribution in [1.82, 2.24) is 0 Å². The lowest BCUT2D eigenvalue weighted by molar-refractivity contribution is -0.887. The van der Waals surface area contributed by atoms with E-state index in [9.17, 15) is 19.5 Å². The summed E-state index contributed by atoms with van der Waals surface area (Å²) in [5.74, 6) is -1.49. The predicted molar refractivity (Wildman–Crippen MR) is 220 cm³/mol. The number of carbonyl (C=O) groups is 3. The van der Waals surface area contributed by atoms with Crippen molar-refractivity contribution in [2.75, 3.05) is 41.0 Å². The molecule has 0 radical (unpaired) electrons. The van der Waals surface area contributed by atoms with Gasteiger partial charge in [0, 0.05) is 19.3 Å². The normalized spacial score (nSPS) is 13.2. The van der Waals surface area contributed by atoms with Crippen LogP contribution in [-0.2, 0) is 28.6 Å². The Morgan fingerprint density at radius 1 is 0.547 bits per heavy atom. The quantitative estimate of drug-likeness (QED) is 0.0289. The molecule has 2 atom stereocenters. The third-order valence-corrected chi connectivity index (χ3v) is 9.82. The number of rotatable bonds is 39. The van der Waals surface area contributed by atoms with Crippen molar-refractivity contribution < 1.29 is 38.2 Å². The first-order valence-corrected chi connectivity index (χ1v) is 21.9. The fraction of sp³-hybridized carbons (Fsp3) is 0.844. The number of aliphatic carboxylic acids is 1. The van der Waals surface area contributed by atoms with E-state index in [2.05, 4.69) is 38.2 Å². The number of hydrogen-bond acceptors (Lipinski definition) is 6. The molecule has 0 heterocycles. The van der Waals surface area contributed by atoms with Crippen LogP contribution in [0.5, 0.6) is 0 Å². The second kappa shape index (κ2) is 36.8. The van der Waals surface area contributed by atoms with Crippen LogP contribution in [0.4, 0.5) is 0 Å². The lowest BCUT2D eigenvalue weighted by Crippen LogP contribution is -2.50. The van der Waals surface area contributed by atoms with Crippen molar-refractivity contribution in [3.63, 3.8) is 0 Å². The summed E-state index contributed by atoms with van der Waals surface area (Å²) in [7, 11) is 5.52. The summed E-state index contributed by atoms with van der Waals surface area (Å²) in [6.07, 6.45) is 39.3. The first kappa shape index (κ1) is 50.8. The van der Waals surface area contributed by atoms with Gasteiger partial charge in [0.2, 0.25) is 0 Å². The molecule has 53 heavy (non-hydrogen) atoms. The molecule has 0 bridgehead atoms. The maximum absolute atomic E-state index is 12.7. The van der Waals surface area contributed by atoms with Gasteiger partial charge in [-0.05, 0) is 57.8 Å². The Morgan fingerprint density at radius 3 is 1.42 bits per heavy atom. The molecule has 310 valence electrons. The molecule has 0 saturated carbocycles. The van der Waals surface area contributed by atoms with E-state index in [0.29, 0.717) is 19.3 Å². The van der Waals surface area contributed by atoms with E-state index in [-0.39, 0.29) is 36.2 Å². The van der Waals surface area contributed by atoms with Crippen LogP contribution in [0.25, 0.3) is 0 Å². The molecule has 8 nitrogen and oxygen atoms in total. The second-order valence-electron chi connectivity index (χ2n) is 15.9. The van der Waals surface area contributed by atoms with Crippen molar-refractivity contribution in [3.8, 4) is 0 Å². The summed E-state index contributed by atoms with van der Waals surface area (Å²) in [5, 5.41) is 9.60. The fourth-order valence-electron chi connectivity index (χ4n) is 6.36. The Hall–Kier alpha value is -2.19. The number of nitrogens with zero attached hydrogens (tertiary/aromatic N) is 1. The van der Waals surface area contributed by atoms with Gasteiger partial charge >= 0.3 is 17.9 Å². The number of carboxylic acid groups (broad SMARTS) is 1. The van der Waals surface area contributed by atoms with Crippen molar-refractivity contribution in [2.45, 2.75) is 206 Å². The highest BCUT2D eigenvalue weighted by Crippen LogP contribution is 2.14. The van der Waals surface area contributed by atoms with Crippen LogP contribution in [-0.4, -0.2) is 80.6 Å². The molecule has 0 aliphatic carbocycles. The number of carboxylic acids is 1. The van der Waals surface area contributed by atoms with Gasteiger partial charge in [-0.2, -0.15) is 0 Å². The smallest absolute Gasteiger partial charge is 0.362 e. The van der Waals surface area contributed by atoms with Gasteiger partial charge < -0.3 is 23.8 Å². The van der Waals surface area contributed by atoms with Gasteiger partial charge in [0.25, 0.3) is 0 Å². The van der Waals surface area contributed by atoms with Crippen molar-refractivity contribution in [2.24, 2.45) is 0 Å². The summed E-state index contributed by atoms with van der Waals surface area (Å²) in [5.41, 5.74) is 0. The maximum atomic E-state index is 12.7. The highest BCUT2D eigenvalue weighted by atomic mass is 16.6. The van der Waals surface area contributed by atoms with Crippen LogP contribution in [0, 0.1) is 0 Å². The number of unbranched alkanes of at least 4 members (excludes halogenated alkanes) is 21. The zero-order chi connectivity index (χ0) is 39.3. The minimum absolute atomic E-state index is 0.0561. The Morgan fingerprint density at radius 2 is 0.962 bits per heavy atom. The Labute approximate surface area is 326 Å². The molecule has 0 rings (SSSR count). The van der Waals surface area contributed by atoms with Gasteiger partial charge in [-0.3, -0.25) is 9.59 Å². The Kier molecular flexibility index (Phi) is 35.2. The summed E-state index contributed by atoms with van der Waals surface area (Å²) in [6, 6.07) is -0.614. The molecular weight excluding hydrogens is 666 g/mol. The molecule has 1 N–H and O–H groups in total. The molecule has 0 aliphatic heterocycles. The van der Waals surface area contributed by atoms with Crippen molar-refractivity contribution in [1.29, 1.82) is 0 Å². The summed E-state index contributed by atoms with van der Waals surface area (Å²) in [6.45, 7) is 4.69. The molecule has 0 aliphatic rings. The number of carbonyl (C=O) groups excluding carboxylic acids is 2. The third-order valence-electron chi connectivity index (χ3n) is 9.82. The van der Waals surface area contributed by atoms with E-state index < -0.39 is 18.1 Å². The summed E-state index contributed by atoms with van der Waals surface area (Å²) < 4.78 is 17.2. The van der Waals surface area contributed by atoms with Gasteiger partial charge in [-0.25, -0.2) is 4.79 Å². The van der Waals surface area contributed by atoms with Crippen LogP contribution < -0.4 is 0 Å². The molecule has 0 amide bonds. The minimum Gasteiger partial charge on any atom is -0.477 e. The lowest BCUT2D eigenvalue weighted by atomic mass is 10.1. The number of allylic oxidation sites excluding steroid dienone is 4. The first-order valence-electron chi connectivity index (χ1n) is 21.9. The zero-order valence-corrected chi connectivity index (χ0v) is 35.2. The molecule has 8 heteroatoms. The number of ether oxygens (including phenoxy) is 3. The predicted octanol–water partition coefficient (Wildman–Crippen LogP) is 11.7. The Balaban J connectivity index is 4.31. The molecule has 0 spiro atoms. The van der Waals surface area contributed by atoms with Crippen molar-refractivity contribution in [3.05, 3.63) is 24.3 Å². The van der Waals surface area contributed by atoms with Gasteiger partial charge in [-0.1, -0.05) is 141 Å². The molecule has 0 saturated heterocycles. The van der Waals surface area contributed by atoms with E-state index in [0.717, 1.165) is 57.8 Å². The number of esters is 2. The fourth-order valence-corrected chi connectivity index (χ4v) is 6.36. The number of quaternary nitrogens is 1. The van der Waals surface area contributed by atoms with Gasteiger partial charge in [0.05, 0.1) is 34.4 Å². The zero-order valence-electron chi connectivity index (χ0n) is 35.2. The maximum Gasteiger partial charge on any atom is 0.362 e. The van der Waals surface area contributed by atoms with Gasteiger partial charge in [0.15, 0.2) is 12.1 Å². The average molecular weight is 751 g/mol. The first-order chi connectivity index (χ1) is 25.6.